The lowest BCUT2D eigenvalue weighted by Gasteiger charge is -2.05. The molecule has 2 aromatic heterocycles. The molecule has 1 N–H and O–H groups in total. The quantitative estimate of drug-likeness (QED) is 0.775. The first kappa shape index (κ1) is 11.6. The van der Waals surface area contributed by atoms with E-state index < -0.39 is 0 Å². The number of aliphatic hydroxyl groups is 1. The maximum absolute atomic E-state index is 8.89. The van der Waals surface area contributed by atoms with Crippen molar-refractivity contribution in [2.45, 2.75) is 6.61 Å². The first-order chi connectivity index (χ1) is 9.35. The van der Waals surface area contributed by atoms with Crippen LogP contribution in [0.2, 0.25) is 0 Å². The number of rotatable bonds is 3. The number of ether oxygens (including phenoxy) is 1. The second-order valence-electron chi connectivity index (χ2n) is 3.96. The fourth-order valence-corrected chi connectivity index (χ4v) is 1.71. The van der Waals surface area contributed by atoms with E-state index in [-0.39, 0.29) is 6.61 Å². The summed E-state index contributed by atoms with van der Waals surface area (Å²) in [6.07, 6.45) is 4.70. The fraction of sp³-hybridized carbons (Fsp3) is 0.0714. The number of fused-ring (bicyclic) bond motifs is 1. The highest BCUT2D eigenvalue weighted by atomic mass is 16.5. The molecule has 0 unspecified atom stereocenters. The summed E-state index contributed by atoms with van der Waals surface area (Å²) >= 11 is 0. The SMILES string of the molecule is OCc1cnc(Oc2ccc3cccnc3c2)cn1. The van der Waals surface area contributed by atoms with Gasteiger partial charge in [-0.3, -0.25) is 9.97 Å². The monoisotopic (exact) mass is 253 g/mol. The minimum absolute atomic E-state index is 0.132. The van der Waals surface area contributed by atoms with Gasteiger partial charge in [0.05, 0.1) is 30.2 Å². The molecule has 5 nitrogen and oxygen atoms in total. The number of benzene rings is 1. The zero-order chi connectivity index (χ0) is 13.1. The molecular formula is C14H11N3O2. The van der Waals surface area contributed by atoms with E-state index >= 15 is 0 Å². The minimum Gasteiger partial charge on any atom is -0.437 e. The third kappa shape index (κ3) is 2.51. The summed E-state index contributed by atoms with van der Waals surface area (Å²) in [5.41, 5.74) is 1.37. The molecule has 2 heterocycles. The topological polar surface area (TPSA) is 68.1 Å². The van der Waals surface area contributed by atoms with E-state index in [0.29, 0.717) is 17.3 Å². The number of nitrogens with zero attached hydrogens (tertiary/aromatic N) is 3. The van der Waals surface area contributed by atoms with E-state index in [2.05, 4.69) is 15.0 Å². The van der Waals surface area contributed by atoms with E-state index in [1.54, 1.807) is 6.20 Å². The number of pyridine rings is 1. The van der Waals surface area contributed by atoms with Crippen LogP contribution in [0.4, 0.5) is 0 Å². The van der Waals surface area contributed by atoms with Gasteiger partial charge in [0.2, 0.25) is 5.88 Å². The summed E-state index contributed by atoms with van der Waals surface area (Å²) in [6, 6.07) is 9.51. The van der Waals surface area contributed by atoms with Crippen molar-refractivity contribution in [2.75, 3.05) is 0 Å². The van der Waals surface area contributed by atoms with Gasteiger partial charge in [0.1, 0.15) is 5.75 Å². The lowest BCUT2D eigenvalue weighted by Crippen LogP contribution is -1.93. The Hall–Kier alpha value is -2.53. The molecular weight excluding hydrogens is 242 g/mol. The van der Waals surface area contributed by atoms with Crippen molar-refractivity contribution in [1.29, 1.82) is 0 Å². The maximum atomic E-state index is 8.89. The van der Waals surface area contributed by atoms with Crippen LogP contribution < -0.4 is 4.74 Å². The predicted molar refractivity (Wildman–Crippen MR) is 69.8 cm³/mol. The van der Waals surface area contributed by atoms with Gasteiger partial charge in [0, 0.05) is 17.6 Å². The molecule has 0 atom stereocenters. The van der Waals surface area contributed by atoms with Crippen LogP contribution in [-0.2, 0) is 6.61 Å². The smallest absolute Gasteiger partial charge is 0.237 e. The first-order valence-corrected chi connectivity index (χ1v) is 5.79. The van der Waals surface area contributed by atoms with Crippen LogP contribution in [-0.4, -0.2) is 20.1 Å². The number of aliphatic hydroxyl groups excluding tert-OH is 1. The van der Waals surface area contributed by atoms with Crippen molar-refractivity contribution in [3.8, 4) is 11.6 Å². The molecule has 94 valence electrons. The van der Waals surface area contributed by atoms with Crippen molar-refractivity contribution >= 4 is 10.9 Å². The molecule has 0 aliphatic heterocycles. The Kier molecular flexibility index (Phi) is 3.04. The first-order valence-electron chi connectivity index (χ1n) is 5.79. The van der Waals surface area contributed by atoms with E-state index in [4.69, 9.17) is 9.84 Å². The van der Waals surface area contributed by atoms with Crippen molar-refractivity contribution in [3.05, 3.63) is 54.6 Å². The average Bonchev–Trinajstić information content (AvgIpc) is 2.48. The molecule has 19 heavy (non-hydrogen) atoms. The van der Waals surface area contributed by atoms with Gasteiger partial charge in [-0.1, -0.05) is 6.07 Å². The molecule has 0 aliphatic carbocycles. The van der Waals surface area contributed by atoms with Crippen LogP contribution in [0, 0.1) is 0 Å². The van der Waals surface area contributed by atoms with E-state index in [0.717, 1.165) is 10.9 Å². The largest absolute Gasteiger partial charge is 0.437 e. The lowest BCUT2D eigenvalue weighted by molar-refractivity contribution is 0.276. The summed E-state index contributed by atoms with van der Waals surface area (Å²) in [5.74, 6) is 1.03. The summed E-state index contributed by atoms with van der Waals surface area (Å²) in [6.45, 7) is -0.132. The molecule has 0 saturated carbocycles. The van der Waals surface area contributed by atoms with Gasteiger partial charge in [-0.15, -0.1) is 0 Å². The highest BCUT2D eigenvalue weighted by molar-refractivity contribution is 5.79. The molecule has 1 aromatic carbocycles. The van der Waals surface area contributed by atoms with Crippen molar-refractivity contribution < 1.29 is 9.84 Å². The van der Waals surface area contributed by atoms with Crippen LogP contribution >= 0.6 is 0 Å². The average molecular weight is 253 g/mol. The third-order valence-electron chi connectivity index (χ3n) is 2.64. The maximum Gasteiger partial charge on any atom is 0.237 e. The number of hydrogen-bond donors (Lipinski definition) is 1. The summed E-state index contributed by atoms with van der Waals surface area (Å²) in [5, 5.41) is 9.94. The van der Waals surface area contributed by atoms with E-state index in [1.165, 1.54) is 12.4 Å². The molecule has 0 aliphatic rings. The van der Waals surface area contributed by atoms with Crippen molar-refractivity contribution in [1.82, 2.24) is 15.0 Å². The predicted octanol–water partition coefficient (Wildman–Crippen LogP) is 2.31. The Morgan fingerprint density at radius 1 is 1.05 bits per heavy atom. The normalized spacial score (nSPS) is 10.6. The zero-order valence-electron chi connectivity index (χ0n) is 10.0. The van der Waals surface area contributed by atoms with Gasteiger partial charge in [-0.2, -0.15) is 0 Å². The van der Waals surface area contributed by atoms with Gasteiger partial charge < -0.3 is 9.84 Å². The zero-order valence-corrected chi connectivity index (χ0v) is 10.0. The molecule has 5 heteroatoms. The standard InChI is InChI=1S/C14H11N3O2/c18-9-11-7-17-14(8-16-11)19-12-4-3-10-2-1-5-15-13(10)6-12/h1-8,18H,9H2. The molecule has 0 saturated heterocycles. The van der Waals surface area contributed by atoms with Crippen LogP contribution in [0.25, 0.3) is 10.9 Å². The Bertz CT molecular complexity index is 698. The van der Waals surface area contributed by atoms with Crippen molar-refractivity contribution in [2.24, 2.45) is 0 Å². The number of hydrogen-bond acceptors (Lipinski definition) is 5. The van der Waals surface area contributed by atoms with E-state index in [9.17, 15) is 0 Å². The minimum atomic E-state index is -0.132. The molecule has 3 rings (SSSR count). The van der Waals surface area contributed by atoms with Gasteiger partial charge >= 0.3 is 0 Å². The highest BCUT2D eigenvalue weighted by Gasteiger charge is 2.02. The van der Waals surface area contributed by atoms with Gasteiger partial charge in [-0.25, -0.2) is 4.98 Å². The summed E-state index contributed by atoms with van der Waals surface area (Å²) < 4.78 is 5.59. The van der Waals surface area contributed by atoms with Gasteiger partial charge in [0.15, 0.2) is 0 Å². The molecule has 0 bridgehead atoms. The van der Waals surface area contributed by atoms with Gasteiger partial charge in [-0.05, 0) is 18.2 Å². The van der Waals surface area contributed by atoms with Crippen LogP contribution in [0.3, 0.4) is 0 Å². The molecule has 0 amide bonds. The van der Waals surface area contributed by atoms with Crippen LogP contribution in [0.5, 0.6) is 11.6 Å². The second kappa shape index (κ2) is 4.99. The summed E-state index contributed by atoms with van der Waals surface area (Å²) in [4.78, 5) is 12.3. The lowest BCUT2D eigenvalue weighted by atomic mass is 10.2. The molecule has 3 aromatic rings. The van der Waals surface area contributed by atoms with Gasteiger partial charge in [0.25, 0.3) is 0 Å². The Labute approximate surface area is 109 Å². The highest BCUT2D eigenvalue weighted by Crippen LogP contribution is 2.22. The Balaban J connectivity index is 1.87. The van der Waals surface area contributed by atoms with Crippen LogP contribution in [0.15, 0.2) is 48.9 Å². The van der Waals surface area contributed by atoms with Crippen molar-refractivity contribution in [3.63, 3.8) is 0 Å². The fourth-order valence-electron chi connectivity index (χ4n) is 1.71. The Morgan fingerprint density at radius 2 is 2.00 bits per heavy atom. The van der Waals surface area contributed by atoms with Crippen LogP contribution in [0.1, 0.15) is 5.69 Å². The third-order valence-corrected chi connectivity index (χ3v) is 2.64. The second-order valence-corrected chi connectivity index (χ2v) is 3.96. The van der Waals surface area contributed by atoms with E-state index in [1.807, 2.05) is 30.3 Å². The summed E-state index contributed by atoms with van der Waals surface area (Å²) in [7, 11) is 0. The Morgan fingerprint density at radius 3 is 2.79 bits per heavy atom. The molecule has 0 fully saturated rings. The molecule has 0 radical (unpaired) electrons. The molecule has 0 spiro atoms. The number of aromatic nitrogens is 3.